The number of hydrogen-bond donors (Lipinski definition) is 2. The molecule has 1 heterocycles. The molecule has 13 heteroatoms. The molecule has 0 bridgehead atoms. The fraction of sp³-hybridized carbons (Fsp3) is 0.188. The first-order chi connectivity index (χ1) is 13.6. The highest BCUT2D eigenvalue weighted by Gasteiger charge is 2.24. The molecule has 0 saturated heterocycles. The predicted octanol–water partition coefficient (Wildman–Crippen LogP) is 1.24. The molecule has 0 aliphatic heterocycles. The van der Waals surface area contributed by atoms with Gasteiger partial charge >= 0.3 is 12.0 Å². The number of benzene rings is 1. The van der Waals surface area contributed by atoms with E-state index in [9.17, 15) is 32.9 Å². The third-order valence-corrected chi connectivity index (χ3v) is 5.40. The maximum Gasteiger partial charge on any atom is 0.338 e. The maximum atomic E-state index is 12.0. The van der Waals surface area contributed by atoms with E-state index in [0.29, 0.717) is 0 Å². The van der Waals surface area contributed by atoms with Gasteiger partial charge in [0.1, 0.15) is 4.90 Å². The lowest BCUT2D eigenvalue weighted by molar-refractivity contribution is -0.387. The molecule has 0 saturated carbocycles. The van der Waals surface area contributed by atoms with Gasteiger partial charge in [-0.1, -0.05) is 6.07 Å². The third kappa shape index (κ3) is 6.36. The number of imide groups is 1. The van der Waals surface area contributed by atoms with Gasteiger partial charge < -0.3 is 10.1 Å². The summed E-state index contributed by atoms with van der Waals surface area (Å²) in [6.07, 6.45) is 0.793. The lowest BCUT2D eigenvalue weighted by atomic mass is 10.2. The van der Waals surface area contributed by atoms with Crippen LogP contribution in [0.5, 0.6) is 0 Å². The van der Waals surface area contributed by atoms with Gasteiger partial charge in [-0.2, -0.15) is 0 Å². The molecule has 1 aromatic heterocycles. The number of amides is 3. The quantitative estimate of drug-likeness (QED) is 0.368. The first-order valence-electron chi connectivity index (χ1n) is 7.83. The second-order valence-electron chi connectivity index (χ2n) is 5.60. The van der Waals surface area contributed by atoms with Gasteiger partial charge in [-0.05, 0) is 23.6 Å². The number of nitrogens with one attached hydrogen (secondary N) is 2. The van der Waals surface area contributed by atoms with Crippen molar-refractivity contribution in [3.05, 3.63) is 56.3 Å². The lowest BCUT2D eigenvalue weighted by Gasteiger charge is -2.07. The summed E-state index contributed by atoms with van der Waals surface area (Å²) in [5.41, 5.74) is -1.11. The number of carbonyl (C=O) groups excluding carboxylic acids is 3. The summed E-state index contributed by atoms with van der Waals surface area (Å²) in [4.78, 5) is 45.7. The Labute approximate surface area is 168 Å². The fourth-order valence-electron chi connectivity index (χ4n) is 2.10. The minimum atomic E-state index is -3.88. The summed E-state index contributed by atoms with van der Waals surface area (Å²) in [5, 5.41) is 17.3. The summed E-state index contributed by atoms with van der Waals surface area (Å²) in [5.74, 6) is -2.01. The zero-order valence-electron chi connectivity index (χ0n) is 14.9. The van der Waals surface area contributed by atoms with E-state index in [-0.39, 0.29) is 12.1 Å². The van der Waals surface area contributed by atoms with Gasteiger partial charge in [0, 0.05) is 17.2 Å². The van der Waals surface area contributed by atoms with E-state index in [0.717, 1.165) is 29.3 Å². The minimum Gasteiger partial charge on any atom is -0.452 e. The average molecular weight is 441 g/mol. The first-order valence-corrected chi connectivity index (χ1v) is 10.6. The molecule has 11 nitrogen and oxygen atoms in total. The zero-order chi connectivity index (χ0) is 21.6. The topological polar surface area (TPSA) is 162 Å². The number of hydrogen-bond acceptors (Lipinski definition) is 9. The number of esters is 1. The summed E-state index contributed by atoms with van der Waals surface area (Å²) < 4.78 is 27.8. The molecule has 1 aromatic carbocycles. The van der Waals surface area contributed by atoms with Crippen molar-refractivity contribution in [2.24, 2.45) is 0 Å². The van der Waals surface area contributed by atoms with E-state index in [1.54, 1.807) is 12.1 Å². The molecule has 0 atom stereocenters. The Kier molecular flexibility index (Phi) is 7.01. The molecule has 29 heavy (non-hydrogen) atoms. The minimum absolute atomic E-state index is 0.215. The van der Waals surface area contributed by atoms with Crippen LogP contribution in [0.25, 0.3) is 0 Å². The van der Waals surface area contributed by atoms with Crippen molar-refractivity contribution >= 4 is 44.8 Å². The van der Waals surface area contributed by atoms with Crippen LogP contribution in [-0.2, 0) is 25.9 Å². The van der Waals surface area contributed by atoms with Crippen molar-refractivity contribution in [3.8, 4) is 0 Å². The highest BCUT2D eigenvalue weighted by Crippen LogP contribution is 2.25. The van der Waals surface area contributed by atoms with Crippen LogP contribution in [-0.4, -0.2) is 44.1 Å². The van der Waals surface area contributed by atoms with E-state index < -0.39 is 49.9 Å². The fourth-order valence-corrected chi connectivity index (χ4v) is 3.58. The van der Waals surface area contributed by atoms with Crippen molar-refractivity contribution in [3.63, 3.8) is 0 Å². The number of nitro groups is 1. The number of thiophene rings is 1. The van der Waals surface area contributed by atoms with Crippen molar-refractivity contribution in [1.82, 2.24) is 10.6 Å². The molecule has 0 spiro atoms. The van der Waals surface area contributed by atoms with Gasteiger partial charge in [-0.3, -0.25) is 20.2 Å². The van der Waals surface area contributed by atoms with E-state index in [1.165, 1.54) is 11.3 Å². The highest BCUT2D eigenvalue weighted by atomic mass is 32.2. The Morgan fingerprint density at radius 1 is 1.24 bits per heavy atom. The monoisotopic (exact) mass is 441 g/mol. The van der Waals surface area contributed by atoms with Crippen molar-refractivity contribution < 1.29 is 32.5 Å². The van der Waals surface area contributed by atoms with E-state index in [4.69, 9.17) is 4.74 Å². The summed E-state index contributed by atoms with van der Waals surface area (Å²) in [6.45, 7) is -0.597. The number of urea groups is 1. The number of carbonyl (C=O) groups is 3. The number of rotatable bonds is 7. The van der Waals surface area contributed by atoms with Gasteiger partial charge in [-0.15, -0.1) is 11.3 Å². The highest BCUT2D eigenvalue weighted by molar-refractivity contribution is 7.90. The Morgan fingerprint density at radius 2 is 1.97 bits per heavy atom. The normalized spacial score (nSPS) is 10.8. The second-order valence-corrected chi connectivity index (χ2v) is 8.61. The molecule has 0 unspecified atom stereocenters. The Bertz CT molecular complexity index is 1050. The van der Waals surface area contributed by atoms with Gasteiger partial charge in [0.15, 0.2) is 16.4 Å². The largest absolute Gasteiger partial charge is 0.452 e. The number of nitro benzene ring substituents is 1. The molecule has 0 aliphatic carbocycles. The van der Waals surface area contributed by atoms with Crippen LogP contribution >= 0.6 is 11.3 Å². The van der Waals surface area contributed by atoms with Gasteiger partial charge in [0.25, 0.3) is 11.6 Å². The van der Waals surface area contributed by atoms with E-state index in [1.807, 2.05) is 10.7 Å². The molecule has 0 aliphatic rings. The predicted molar refractivity (Wildman–Crippen MR) is 101 cm³/mol. The average Bonchev–Trinajstić information content (AvgIpc) is 3.16. The molecule has 154 valence electrons. The molecule has 2 N–H and O–H groups in total. The maximum absolute atomic E-state index is 12.0. The first kappa shape index (κ1) is 22.0. The molecule has 2 rings (SSSR count). The summed E-state index contributed by atoms with van der Waals surface area (Å²) in [7, 11) is -3.88. The van der Waals surface area contributed by atoms with Crippen molar-refractivity contribution in [2.75, 3.05) is 12.9 Å². The van der Waals surface area contributed by atoms with Crippen LogP contribution < -0.4 is 10.6 Å². The third-order valence-electron chi connectivity index (χ3n) is 3.38. The van der Waals surface area contributed by atoms with Gasteiger partial charge in [0.2, 0.25) is 0 Å². The van der Waals surface area contributed by atoms with E-state index >= 15 is 0 Å². The lowest BCUT2D eigenvalue weighted by Crippen LogP contribution is -2.41. The molecular weight excluding hydrogens is 426 g/mol. The zero-order valence-corrected chi connectivity index (χ0v) is 16.5. The standard InChI is InChI=1S/C16H15N3O8S2/c1-29(25,26)13-5-4-10(7-12(13)19(23)24)15(21)27-9-14(20)18-16(22)17-8-11-3-2-6-28-11/h2-7H,8-9H2,1H3,(H2,17,18,20,22). The Hall–Kier alpha value is -3.32. The smallest absolute Gasteiger partial charge is 0.338 e. The molecular formula is C16H15N3O8S2. The molecule has 3 amide bonds. The van der Waals surface area contributed by atoms with Crippen LogP contribution in [0.4, 0.5) is 10.5 Å². The summed E-state index contributed by atoms with van der Waals surface area (Å²) >= 11 is 1.42. The number of nitrogens with zero attached hydrogens (tertiary/aromatic N) is 1. The number of ether oxygens (including phenoxy) is 1. The second kappa shape index (κ2) is 9.25. The van der Waals surface area contributed by atoms with Crippen molar-refractivity contribution in [2.45, 2.75) is 11.4 Å². The van der Waals surface area contributed by atoms with E-state index in [2.05, 4.69) is 5.32 Å². The number of sulfone groups is 1. The van der Waals surface area contributed by atoms with Crippen molar-refractivity contribution in [1.29, 1.82) is 0 Å². The van der Waals surface area contributed by atoms with Gasteiger partial charge in [-0.25, -0.2) is 18.0 Å². The van der Waals surface area contributed by atoms with Crippen LogP contribution in [0.1, 0.15) is 15.2 Å². The van der Waals surface area contributed by atoms with Crippen LogP contribution in [0.2, 0.25) is 0 Å². The molecule has 0 radical (unpaired) electrons. The van der Waals surface area contributed by atoms with Crippen LogP contribution in [0.15, 0.2) is 40.6 Å². The van der Waals surface area contributed by atoms with Crippen LogP contribution in [0.3, 0.4) is 0 Å². The SMILES string of the molecule is CS(=O)(=O)c1ccc(C(=O)OCC(=O)NC(=O)NCc2cccs2)cc1[N+](=O)[O-]. The Balaban J connectivity index is 1.92. The molecule has 0 fully saturated rings. The van der Waals surface area contributed by atoms with Crippen LogP contribution in [0, 0.1) is 10.1 Å². The molecule has 2 aromatic rings. The van der Waals surface area contributed by atoms with Gasteiger partial charge in [0.05, 0.1) is 17.0 Å². The Morgan fingerprint density at radius 3 is 2.55 bits per heavy atom. The summed E-state index contributed by atoms with van der Waals surface area (Å²) in [6, 6.07) is 5.48.